The topological polar surface area (TPSA) is 115 Å². The number of nitrogens with zero attached hydrogens (tertiary/aromatic N) is 3. The van der Waals surface area contributed by atoms with Gasteiger partial charge in [0, 0.05) is 23.5 Å². The number of para-hydroxylation sites is 2. The van der Waals surface area contributed by atoms with Gasteiger partial charge in [-0.25, -0.2) is 4.98 Å². The molecule has 9 heteroatoms. The highest BCUT2D eigenvalue weighted by atomic mass is 16.6. The average molecular weight is 415 g/mol. The molecular weight excluding hydrogens is 398 g/mol. The van der Waals surface area contributed by atoms with Gasteiger partial charge in [0.1, 0.15) is 11.8 Å². The Morgan fingerprint density at radius 2 is 1.94 bits per heavy atom. The summed E-state index contributed by atoms with van der Waals surface area (Å²) in [6.45, 7) is 1.81. The quantitative estimate of drug-likeness (QED) is 0.375. The van der Waals surface area contributed by atoms with E-state index >= 15 is 0 Å². The molecule has 0 bridgehead atoms. The number of allylic oxidation sites excluding steroid dienone is 1. The lowest BCUT2D eigenvalue weighted by Gasteiger charge is -2.29. The molecule has 4 aromatic rings. The molecule has 0 aliphatic carbocycles. The molecular formula is C22H17N5O4. The Morgan fingerprint density at radius 1 is 1.16 bits per heavy atom. The molecule has 2 aromatic heterocycles. The van der Waals surface area contributed by atoms with Crippen molar-refractivity contribution < 1.29 is 14.1 Å². The van der Waals surface area contributed by atoms with Crippen LogP contribution in [0.15, 0.2) is 82.6 Å². The molecule has 1 unspecified atom stereocenters. The minimum Gasteiger partial charge on any atom is -0.467 e. The number of nitro groups is 1. The number of aromatic nitrogens is 2. The van der Waals surface area contributed by atoms with Crippen molar-refractivity contribution in [3.8, 4) is 0 Å². The zero-order valence-electron chi connectivity index (χ0n) is 16.4. The van der Waals surface area contributed by atoms with E-state index in [1.54, 1.807) is 12.3 Å². The molecule has 5 rings (SSSR count). The summed E-state index contributed by atoms with van der Waals surface area (Å²) in [6.07, 6.45) is 1.57. The van der Waals surface area contributed by atoms with E-state index in [2.05, 4.69) is 15.6 Å². The summed E-state index contributed by atoms with van der Waals surface area (Å²) in [5.41, 5.74) is 3.17. The Labute approximate surface area is 176 Å². The van der Waals surface area contributed by atoms with Crippen molar-refractivity contribution in [2.75, 3.05) is 10.6 Å². The molecule has 9 nitrogen and oxygen atoms in total. The summed E-state index contributed by atoms with van der Waals surface area (Å²) in [5.74, 6) is 0.870. The third-order valence-electron chi connectivity index (χ3n) is 5.22. The lowest BCUT2D eigenvalue weighted by molar-refractivity contribution is -0.384. The Hall–Kier alpha value is -4.40. The van der Waals surface area contributed by atoms with E-state index in [1.807, 2.05) is 41.8 Å². The zero-order valence-corrected chi connectivity index (χ0v) is 16.4. The molecule has 0 saturated heterocycles. The predicted molar refractivity (Wildman–Crippen MR) is 115 cm³/mol. The highest BCUT2D eigenvalue weighted by Gasteiger charge is 2.35. The number of fused-ring (bicyclic) bond motifs is 3. The number of nitro benzene ring substituents is 1. The van der Waals surface area contributed by atoms with Gasteiger partial charge >= 0.3 is 0 Å². The van der Waals surface area contributed by atoms with Crippen LogP contribution < -0.4 is 10.6 Å². The fraction of sp³-hybridized carbons (Fsp3) is 0.0909. The average Bonchev–Trinajstić information content (AvgIpc) is 3.41. The molecule has 154 valence electrons. The molecule has 3 heterocycles. The third-order valence-corrected chi connectivity index (χ3v) is 5.22. The number of carbonyl (C=O) groups excluding carboxylic acids is 1. The number of rotatable bonds is 4. The van der Waals surface area contributed by atoms with Crippen molar-refractivity contribution in [3.63, 3.8) is 0 Å². The minimum absolute atomic E-state index is 0.0456. The number of hydrogen-bond donors (Lipinski definition) is 2. The Balaban J connectivity index is 1.58. The molecule has 2 aromatic carbocycles. The lowest BCUT2D eigenvalue weighted by atomic mass is 9.99. The number of furan rings is 1. The van der Waals surface area contributed by atoms with E-state index in [4.69, 9.17) is 4.42 Å². The van der Waals surface area contributed by atoms with Gasteiger partial charge < -0.3 is 15.1 Å². The maximum atomic E-state index is 13.4. The van der Waals surface area contributed by atoms with Crippen LogP contribution in [0.5, 0.6) is 0 Å². The first-order chi connectivity index (χ1) is 15.0. The van der Waals surface area contributed by atoms with Gasteiger partial charge in [-0.05, 0) is 43.3 Å². The summed E-state index contributed by atoms with van der Waals surface area (Å²) < 4.78 is 7.64. The van der Waals surface area contributed by atoms with Gasteiger partial charge in [-0.2, -0.15) is 0 Å². The number of imidazole rings is 1. The maximum absolute atomic E-state index is 13.4. The first-order valence-electron chi connectivity index (χ1n) is 9.57. The third kappa shape index (κ3) is 3.12. The van der Waals surface area contributed by atoms with Crippen LogP contribution >= 0.6 is 0 Å². The van der Waals surface area contributed by atoms with Gasteiger partial charge in [-0.15, -0.1) is 0 Å². The largest absolute Gasteiger partial charge is 0.467 e. The molecule has 0 radical (unpaired) electrons. The second kappa shape index (κ2) is 7.13. The summed E-state index contributed by atoms with van der Waals surface area (Å²) in [6, 6.07) is 16.4. The molecule has 0 fully saturated rings. The summed E-state index contributed by atoms with van der Waals surface area (Å²) in [7, 11) is 0. The minimum atomic E-state index is -0.531. The fourth-order valence-corrected chi connectivity index (χ4v) is 3.84. The second-order valence-corrected chi connectivity index (χ2v) is 7.13. The highest BCUT2D eigenvalue weighted by molar-refractivity contribution is 6.06. The maximum Gasteiger partial charge on any atom is 0.269 e. The summed E-state index contributed by atoms with van der Waals surface area (Å²) in [5, 5.41) is 16.9. The number of amides is 1. The molecule has 0 spiro atoms. The summed E-state index contributed by atoms with van der Waals surface area (Å²) in [4.78, 5) is 28.4. The van der Waals surface area contributed by atoms with E-state index in [9.17, 15) is 14.9 Å². The van der Waals surface area contributed by atoms with Crippen molar-refractivity contribution in [3.05, 3.63) is 94.1 Å². The van der Waals surface area contributed by atoms with Gasteiger partial charge in [-0.3, -0.25) is 19.5 Å². The normalized spacial score (nSPS) is 15.5. The van der Waals surface area contributed by atoms with Crippen LogP contribution in [-0.4, -0.2) is 20.4 Å². The molecule has 1 atom stereocenters. The molecule has 1 amide bonds. The van der Waals surface area contributed by atoms with Crippen LogP contribution in [0.1, 0.15) is 18.7 Å². The van der Waals surface area contributed by atoms with Crippen molar-refractivity contribution in [1.82, 2.24) is 9.55 Å². The number of hydrogen-bond acceptors (Lipinski definition) is 6. The van der Waals surface area contributed by atoms with Crippen LogP contribution in [0.3, 0.4) is 0 Å². The van der Waals surface area contributed by atoms with E-state index in [0.717, 1.165) is 11.0 Å². The number of benzene rings is 2. The van der Waals surface area contributed by atoms with Gasteiger partial charge in [0.05, 0.1) is 27.8 Å². The zero-order chi connectivity index (χ0) is 21.5. The SMILES string of the molecule is CC1=C(C(=O)Nc2ccc([N+](=O)[O-])cc2)C(c2ccco2)n2c(nc3ccccc32)N1. The monoisotopic (exact) mass is 415 g/mol. The van der Waals surface area contributed by atoms with Crippen molar-refractivity contribution in [1.29, 1.82) is 0 Å². The van der Waals surface area contributed by atoms with E-state index in [1.165, 1.54) is 24.3 Å². The number of non-ortho nitro benzene ring substituents is 1. The standard InChI is InChI=1S/C22H17N5O4/c1-13-19(21(28)24-14-8-10-15(11-9-14)27(29)30)20(18-7-4-12-31-18)26-17-6-3-2-5-16(17)25-22(26)23-13/h2-12,20H,1H3,(H,23,25)(H,24,28). The molecule has 1 aliphatic rings. The van der Waals surface area contributed by atoms with Gasteiger partial charge in [0.2, 0.25) is 5.95 Å². The van der Waals surface area contributed by atoms with Gasteiger partial charge in [0.15, 0.2) is 0 Å². The van der Waals surface area contributed by atoms with E-state index < -0.39 is 11.0 Å². The molecule has 0 saturated carbocycles. The second-order valence-electron chi connectivity index (χ2n) is 7.13. The highest BCUT2D eigenvalue weighted by Crippen LogP contribution is 2.39. The van der Waals surface area contributed by atoms with Gasteiger partial charge in [-0.1, -0.05) is 12.1 Å². The Bertz CT molecular complexity index is 1340. The Kier molecular flexibility index (Phi) is 4.28. The molecule has 1 aliphatic heterocycles. The first-order valence-corrected chi connectivity index (χ1v) is 9.57. The van der Waals surface area contributed by atoms with Crippen LogP contribution in [0.2, 0.25) is 0 Å². The number of anilines is 2. The number of carbonyl (C=O) groups is 1. The van der Waals surface area contributed by atoms with Gasteiger partial charge in [0.25, 0.3) is 11.6 Å². The smallest absolute Gasteiger partial charge is 0.269 e. The van der Waals surface area contributed by atoms with Crippen LogP contribution in [0.4, 0.5) is 17.3 Å². The van der Waals surface area contributed by atoms with Crippen LogP contribution in [-0.2, 0) is 4.79 Å². The fourth-order valence-electron chi connectivity index (χ4n) is 3.84. The van der Waals surface area contributed by atoms with Crippen molar-refractivity contribution in [2.24, 2.45) is 0 Å². The molecule has 2 N–H and O–H groups in total. The molecule has 31 heavy (non-hydrogen) atoms. The van der Waals surface area contributed by atoms with Crippen LogP contribution in [0, 0.1) is 10.1 Å². The number of nitrogens with one attached hydrogen (secondary N) is 2. The van der Waals surface area contributed by atoms with E-state index in [-0.39, 0.29) is 11.6 Å². The summed E-state index contributed by atoms with van der Waals surface area (Å²) >= 11 is 0. The Morgan fingerprint density at radius 3 is 2.65 bits per heavy atom. The van der Waals surface area contributed by atoms with Crippen LogP contribution in [0.25, 0.3) is 11.0 Å². The first kappa shape index (κ1) is 18.6. The van der Waals surface area contributed by atoms with Crippen molar-refractivity contribution >= 4 is 34.3 Å². The predicted octanol–water partition coefficient (Wildman–Crippen LogP) is 4.47. The van der Waals surface area contributed by atoms with E-state index in [0.29, 0.717) is 28.7 Å². The van der Waals surface area contributed by atoms with Crippen molar-refractivity contribution in [2.45, 2.75) is 13.0 Å². The lowest BCUT2D eigenvalue weighted by Crippen LogP contribution is -2.30.